The molecule has 2 amide bonds. The Hall–Kier alpha value is -1.51. The van der Waals surface area contributed by atoms with Crippen LogP contribution in [0.1, 0.15) is 6.42 Å². The van der Waals surface area contributed by atoms with Gasteiger partial charge in [0.1, 0.15) is 0 Å². The second kappa shape index (κ2) is 5.19. The van der Waals surface area contributed by atoms with Crippen molar-refractivity contribution in [1.82, 2.24) is 5.32 Å². The molecule has 0 spiro atoms. The molecule has 0 aliphatic carbocycles. The second-order valence-corrected chi connectivity index (χ2v) is 2.60. The van der Waals surface area contributed by atoms with E-state index in [-0.39, 0.29) is 6.03 Å². The second-order valence-electron chi connectivity index (χ2n) is 2.60. The minimum Gasteiger partial charge on any atom is -0.338 e. The van der Waals surface area contributed by atoms with Crippen LogP contribution in [0.25, 0.3) is 0 Å². The molecule has 2 N–H and O–H groups in total. The predicted molar refractivity (Wildman–Crippen MR) is 53.4 cm³/mol. The van der Waals surface area contributed by atoms with E-state index in [4.69, 9.17) is 0 Å². The maximum absolute atomic E-state index is 11.1. The van der Waals surface area contributed by atoms with Gasteiger partial charge in [0, 0.05) is 12.2 Å². The van der Waals surface area contributed by atoms with Crippen molar-refractivity contribution in [3.05, 3.63) is 37.3 Å². The Morgan fingerprint density at radius 3 is 2.62 bits per heavy atom. The summed E-state index contributed by atoms with van der Waals surface area (Å²) in [5.41, 5.74) is 0.795. The van der Waals surface area contributed by atoms with E-state index in [9.17, 15) is 4.79 Å². The normalized spacial score (nSPS) is 9.31. The van der Waals surface area contributed by atoms with E-state index >= 15 is 0 Å². The Labute approximate surface area is 78.2 Å². The van der Waals surface area contributed by atoms with Crippen LogP contribution in [0.2, 0.25) is 0 Å². The van der Waals surface area contributed by atoms with Crippen molar-refractivity contribution in [2.24, 2.45) is 0 Å². The van der Waals surface area contributed by atoms with Crippen LogP contribution in [0.3, 0.4) is 0 Å². The van der Waals surface area contributed by atoms with E-state index in [2.05, 4.69) is 17.6 Å². The van der Waals surface area contributed by atoms with E-state index in [0.717, 1.165) is 5.69 Å². The summed E-state index contributed by atoms with van der Waals surface area (Å²) in [6, 6.07) is 9.13. The summed E-state index contributed by atoms with van der Waals surface area (Å²) in [7, 11) is 0. The molecule has 1 rings (SSSR count). The highest BCUT2D eigenvalue weighted by molar-refractivity contribution is 5.89. The summed E-state index contributed by atoms with van der Waals surface area (Å²) in [6.07, 6.45) is 0.697. The van der Waals surface area contributed by atoms with Crippen LogP contribution in [-0.4, -0.2) is 12.6 Å². The zero-order valence-electron chi connectivity index (χ0n) is 7.42. The van der Waals surface area contributed by atoms with E-state index < -0.39 is 0 Å². The number of carbonyl (C=O) groups is 1. The fourth-order valence-electron chi connectivity index (χ4n) is 0.899. The maximum Gasteiger partial charge on any atom is 0.319 e. The Bertz CT molecular complexity index is 259. The molecule has 0 bridgehead atoms. The molecule has 0 aliphatic rings. The molecular formula is C10H13N2O. The molecule has 0 atom stereocenters. The number of rotatable bonds is 3. The van der Waals surface area contributed by atoms with Crippen LogP contribution in [0.5, 0.6) is 0 Å². The van der Waals surface area contributed by atoms with Crippen molar-refractivity contribution < 1.29 is 4.79 Å². The lowest BCUT2D eigenvalue weighted by Crippen LogP contribution is -2.29. The molecule has 0 aromatic heterocycles. The van der Waals surface area contributed by atoms with E-state index in [1.165, 1.54) is 0 Å². The number of carbonyl (C=O) groups excluding carboxylic acids is 1. The third-order valence-electron chi connectivity index (χ3n) is 1.49. The molecule has 0 aliphatic heterocycles. The van der Waals surface area contributed by atoms with Crippen molar-refractivity contribution in [2.75, 3.05) is 11.9 Å². The van der Waals surface area contributed by atoms with Gasteiger partial charge in [-0.1, -0.05) is 25.1 Å². The molecule has 0 saturated carbocycles. The summed E-state index contributed by atoms with van der Waals surface area (Å²) in [4.78, 5) is 11.1. The van der Waals surface area contributed by atoms with Crippen LogP contribution in [0.4, 0.5) is 10.5 Å². The summed E-state index contributed by atoms with van der Waals surface area (Å²) in [5.74, 6) is 0. The monoisotopic (exact) mass is 177 g/mol. The zero-order chi connectivity index (χ0) is 9.52. The van der Waals surface area contributed by atoms with Gasteiger partial charge in [0.05, 0.1) is 0 Å². The minimum absolute atomic E-state index is 0.185. The largest absolute Gasteiger partial charge is 0.338 e. The average Bonchev–Trinajstić information content (AvgIpc) is 2.16. The Kier molecular flexibility index (Phi) is 3.82. The van der Waals surface area contributed by atoms with Crippen LogP contribution in [0.15, 0.2) is 30.3 Å². The lowest BCUT2D eigenvalue weighted by Gasteiger charge is -2.05. The van der Waals surface area contributed by atoms with Crippen LogP contribution >= 0.6 is 0 Å². The highest BCUT2D eigenvalue weighted by Gasteiger charge is 1.97. The maximum atomic E-state index is 11.1. The van der Waals surface area contributed by atoms with Gasteiger partial charge in [-0.05, 0) is 18.6 Å². The van der Waals surface area contributed by atoms with Gasteiger partial charge in [-0.3, -0.25) is 0 Å². The fourth-order valence-corrected chi connectivity index (χ4v) is 0.899. The smallest absolute Gasteiger partial charge is 0.319 e. The van der Waals surface area contributed by atoms with Crippen molar-refractivity contribution in [3.8, 4) is 0 Å². The summed E-state index contributed by atoms with van der Waals surface area (Å²) >= 11 is 0. The fraction of sp³-hybridized carbons (Fsp3) is 0.200. The molecule has 0 unspecified atom stereocenters. The molecule has 1 radical (unpaired) electrons. The van der Waals surface area contributed by atoms with Crippen LogP contribution < -0.4 is 10.6 Å². The molecule has 0 fully saturated rings. The van der Waals surface area contributed by atoms with Gasteiger partial charge < -0.3 is 10.6 Å². The van der Waals surface area contributed by atoms with Crippen LogP contribution in [0, 0.1) is 6.92 Å². The number of urea groups is 1. The van der Waals surface area contributed by atoms with Crippen LogP contribution in [-0.2, 0) is 0 Å². The molecule has 3 nitrogen and oxygen atoms in total. The van der Waals surface area contributed by atoms with Crippen molar-refractivity contribution in [1.29, 1.82) is 0 Å². The SMILES string of the molecule is [CH2]CCNC(=O)Nc1ccccc1. The molecule has 69 valence electrons. The standard InChI is InChI=1S/C10H13N2O/c1-2-8-11-10(13)12-9-6-4-3-5-7-9/h3-7H,1-2,8H2,(H2,11,12,13). The van der Waals surface area contributed by atoms with Crippen molar-refractivity contribution >= 4 is 11.7 Å². The van der Waals surface area contributed by atoms with E-state index in [1.54, 1.807) is 0 Å². The van der Waals surface area contributed by atoms with Crippen molar-refractivity contribution in [3.63, 3.8) is 0 Å². The van der Waals surface area contributed by atoms with Gasteiger partial charge in [-0.2, -0.15) is 0 Å². The van der Waals surface area contributed by atoms with Gasteiger partial charge in [0.2, 0.25) is 0 Å². The van der Waals surface area contributed by atoms with Crippen molar-refractivity contribution in [2.45, 2.75) is 6.42 Å². The van der Waals surface area contributed by atoms with Gasteiger partial charge >= 0.3 is 6.03 Å². The minimum atomic E-state index is -0.185. The summed E-state index contributed by atoms with van der Waals surface area (Å²) in [5, 5.41) is 5.37. The predicted octanol–water partition coefficient (Wildman–Crippen LogP) is 2.03. The Balaban J connectivity index is 2.37. The first kappa shape index (κ1) is 9.58. The summed E-state index contributed by atoms with van der Waals surface area (Å²) in [6.45, 7) is 4.22. The molecular weight excluding hydrogens is 164 g/mol. The number of anilines is 1. The molecule has 3 heteroatoms. The lowest BCUT2D eigenvalue weighted by atomic mass is 10.3. The Morgan fingerprint density at radius 1 is 1.31 bits per heavy atom. The third kappa shape index (κ3) is 3.60. The van der Waals surface area contributed by atoms with E-state index in [0.29, 0.717) is 13.0 Å². The number of benzene rings is 1. The number of nitrogens with one attached hydrogen (secondary N) is 2. The number of para-hydroxylation sites is 1. The summed E-state index contributed by atoms with van der Waals surface area (Å²) < 4.78 is 0. The number of hydrogen-bond donors (Lipinski definition) is 2. The Morgan fingerprint density at radius 2 is 2.00 bits per heavy atom. The quantitative estimate of drug-likeness (QED) is 0.728. The highest BCUT2D eigenvalue weighted by atomic mass is 16.2. The number of hydrogen-bond acceptors (Lipinski definition) is 1. The molecule has 1 aromatic rings. The molecule has 1 aromatic carbocycles. The first-order chi connectivity index (χ1) is 6.33. The molecule has 0 saturated heterocycles. The first-order valence-corrected chi connectivity index (χ1v) is 4.22. The van der Waals surface area contributed by atoms with Gasteiger partial charge in [0.25, 0.3) is 0 Å². The average molecular weight is 177 g/mol. The lowest BCUT2D eigenvalue weighted by molar-refractivity contribution is 0.252. The van der Waals surface area contributed by atoms with E-state index in [1.807, 2.05) is 30.3 Å². The molecule has 0 heterocycles. The van der Waals surface area contributed by atoms with Gasteiger partial charge in [-0.25, -0.2) is 4.79 Å². The third-order valence-corrected chi connectivity index (χ3v) is 1.49. The first-order valence-electron chi connectivity index (χ1n) is 4.22. The molecule has 13 heavy (non-hydrogen) atoms. The highest BCUT2D eigenvalue weighted by Crippen LogP contribution is 2.03. The zero-order valence-corrected chi connectivity index (χ0v) is 7.42. The van der Waals surface area contributed by atoms with Gasteiger partial charge in [0.15, 0.2) is 0 Å². The number of amides is 2. The topological polar surface area (TPSA) is 41.1 Å². The van der Waals surface area contributed by atoms with Gasteiger partial charge in [-0.15, -0.1) is 0 Å².